The van der Waals surface area contributed by atoms with E-state index in [2.05, 4.69) is 12.2 Å². The van der Waals surface area contributed by atoms with Gasteiger partial charge in [-0.05, 0) is 36.6 Å². The normalized spacial score (nSPS) is 10.2. The molecule has 0 aliphatic rings. The number of anilines is 1. The molecule has 0 saturated carbocycles. The average molecular weight is 298 g/mol. The van der Waals surface area contributed by atoms with E-state index in [0.717, 1.165) is 19.3 Å². The second-order valence-electron chi connectivity index (χ2n) is 5.03. The first-order valence-corrected chi connectivity index (χ1v) is 7.25. The highest BCUT2D eigenvalue weighted by Crippen LogP contribution is 2.19. The Morgan fingerprint density at radius 1 is 1.14 bits per heavy atom. The molecule has 0 saturated heterocycles. The van der Waals surface area contributed by atoms with E-state index in [1.165, 1.54) is 23.8 Å². The van der Waals surface area contributed by atoms with Gasteiger partial charge in [0.05, 0.1) is 4.92 Å². The third-order valence-corrected chi connectivity index (χ3v) is 3.38. The van der Waals surface area contributed by atoms with Crippen molar-refractivity contribution in [1.29, 1.82) is 0 Å². The van der Waals surface area contributed by atoms with Gasteiger partial charge < -0.3 is 5.32 Å². The third kappa shape index (κ3) is 3.91. The van der Waals surface area contributed by atoms with Gasteiger partial charge in [0.1, 0.15) is 5.56 Å². The van der Waals surface area contributed by atoms with Crippen LogP contribution in [0.3, 0.4) is 0 Å². The van der Waals surface area contributed by atoms with Crippen molar-refractivity contribution in [2.24, 2.45) is 0 Å². The van der Waals surface area contributed by atoms with Gasteiger partial charge in [-0.3, -0.25) is 14.9 Å². The van der Waals surface area contributed by atoms with Gasteiger partial charge >= 0.3 is 0 Å². The number of nitrogens with one attached hydrogen (secondary N) is 1. The Bertz CT molecular complexity index is 666. The summed E-state index contributed by atoms with van der Waals surface area (Å²) in [5.74, 6) is -0.478. The molecule has 2 rings (SSSR count). The molecule has 1 amide bonds. The van der Waals surface area contributed by atoms with E-state index in [-0.39, 0.29) is 11.3 Å². The lowest BCUT2D eigenvalue weighted by Crippen LogP contribution is -2.13. The summed E-state index contributed by atoms with van der Waals surface area (Å²) in [6.07, 6.45) is 3.27. The molecule has 0 aromatic heterocycles. The second kappa shape index (κ2) is 7.36. The van der Waals surface area contributed by atoms with Crippen LogP contribution in [0.5, 0.6) is 0 Å². The van der Waals surface area contributed by atoms with Gasteiger partial charge in [0.15, 0.2) is 0 Å². The Labute approximate surface area is 129 Å². The summed E-state index contributed by atoms with van der Waals surface area (Å²) in [7, 11) is 0. The van der Waals surface area contributed by atoms with Crippen LogP contribution in [-0.4, -0.2) is 10.8 Å². The first-order valence-electron chi connectivity index (χ1n) is 7.25. The molecule has 22 heavy (non-hydrogen) atoms. The Morgan fingerprint density at radius 3 is 2.45 bits per heavy atom. The van der Waals surface area contributed by atoms with Gasteiger partial charge in [0, 0.05) is 11.8 Å². The lowest BCUT2D eigenvalue weighted by atomic mass is 10.1. The summed E-state index contributed by atoms with van der Waals surface area (Å²) in [5, 5.41) is 13.6. The minimum atomic E-state index is -0.553. The zero-order valence-electron chi connectivity index (χ0n) is 12.4. The van der Waals surface area contributed by atoms with Crippen LogP contribution in [0.15, 0.2) is 48.5 Å². The maximum atomic E-state index is 12.2. The number of rotatable bonds is 6. The highest BCUT2D eigenvalue weighted by atomic mass is 16.6. The molecular weight excluding hydrogens is 280 g/mol. The first-order chi connectivity index (χ1) is 10.6. The maximum absolute atomic E-state index is 12.2. The minimum Gasteiger partial charge on any atom is -0.322 e. The highest BCUT2D eigenvalue weighted by molar-refractivity contribution is 6.07. The summed E-state index contributed by atoms with van der Waals surface area (Å²) >= 11 is 0. The largest absolute Gasteiger partial charge is 0.322 e. The zero-order chi connectivity index (χ0) is 15.9. The number of nitrogens with zero attached hydrogens (tertiary/aromatic N) is 1. The molecule has 0 aliphatic heterocycles. The van der Waals surface area contributed by atoms with Crippen LogP contribution in [0.4, 0.5) is 11.4 Å². The molecule has 2 aromatic rings. The summed E-state index contributed by atoms with van der Waals surface area (Å²) in [5.41, 5.74) is 1.70. The second-order valence-corrected chi connectivity index (χ2v) is 5.03. The van der Waals surface area contributed by atoms with Crippen LogP contribution < -0.4 is 5.32 Å². The number of carbonyl (C=O) groups excluding carboxylic acids is 1. The molecule has 1 N–H and O–H groups in total. The quantitative estimate of drug-likeness (QED) is 0.642. The Balaban J connectivity index is 2.10. The number of nitro groups is 1. The molecular formula is C17H18N2O3. The van der Waals surface area contributed by atoms with E-state index in [1.807, 2.05) is 24.3 Å². The lowest BCUT2D eigenvalue weighted by Gasteiger charge is -2.07. The fourth-order valence-electron chi connectivity index (χ4n) is 2.16. The lowest BCUT2D eigenvalue weighted by molar-refractivity contribution is -0.385. The monoisotopic (exact) mass is 298 g/mol. The van der Waals surface area contributed by atoms with E-state index in [0.29, 0.717) is 5.69 Å². The molecule has 0 fully saturated rings. The van der Waals surface area contributed by atoms with E-state index in [1.54, 1.807) is 6.07 Å². The number of hydrogen-bond acceptors (Lipinski definition) is 3. The number of hydrogen-bond donors (Lipinski definition) is 1. The fourth-order valence-corrected chi connectivity index (χ4v) is 2.16. The van der Waals surface area contributed by atoms with E-state index < -0.39 is 10.8 Å². The predicted molar refractivity (Wildman–Crippen MR) is 86.1 cm³/mol. The van der Waals surface area contributed by atoms with Crippen molar-refractivity contribution < 1.29 is 9.72 Å². The molecule has 0 spiro atoms. The Morgan fingerprint density at radius 2 is 1.82 bits per heavy atom. The smallest absolute Gasteiger partial charge is 0.282 e. The fraction of sp³-hybridized carbons (Fsp3) is 0.235. The molecule has 0 heterocycles. The van der Waals surface area contributed by atoms with Crippen LogP contribution in [0, 0.1) is 10.1 Å². The number of para-hydroxylation sites is 1. The van der Waals surface area contributed by atoms with Gasteiger partial charge in [0.25, 0.3) is 11.6 Å². The molecule has 2 aromatic carbocycles. The topological polar surface area (TPSA) is 72.2 Å². The summed E-state index contributed by atoms with van der Waals surface area (Å²) in [4.78, 5) is 22.6. The third-order valence-electron chi connectivity index (χ3n) is 3.38. The predicted octanol–water partition coefficient (Wildman–Crippen LogP) is 4.19. The maximum Gasteiger partial charge on any atom is 0.282 e. The molecule has 0 radical (unpaired) electrons. The first kappa shape index (κ1) is 15.7. The summed E-state index contributed by atoms with van der Waals surface area (Å²) in [6.45, 7) is 2.14. The molecule has 114 valence electrons. The SMILES string of the molecule is CCCCc1ccc(NC(=O)c2ccccc2[N+](=O)[O-])cc1. The van der Waals surface area contributed by atoms with Crippen molar-refractivity contribution in [2.45, 2.75) is 26.2 Å². The van der Waals surface area contributed by atoms with Crippen molar-refractivity contribution in [3.63, 3.8) is 0 Å². The number of amides is 1. The summed E-state index contributed by atoms with van der Waals surface area (Å²) in [6, 6.07) is 13.5. The van der Waals surface area contributed by atoms with Crippen LogP contribution in [0.1, 0.15) is 35.7 Å². The van der Waals surface area contributed by atoms with Gasteiger partial charge in [-0.15, -0.1) is 0 Å². The standard InChI is InChI=1S/C17H18N2O3/c1-2-3-6-13-9-11-14(12-10-13)18-17(20)15-7-4-5-8-16(15)19(21)22/h4-5,7-12H,2-3,6H2,1H3,(H,18,20). The van der Waals surface area contributed by atoms with Crippen molar-refractivity contribution >= 4 is 17.3 Å². The van der Waals surface area contributed by atoms with Crippen molar-refractivity contribution in [1.82, 2.24) is 0 Å². The molecule has 0 bridgehead atoms. The molecule has 5 nitrogen and oxygen atoms in total. The Kier molecular flexibility index (Phi) is 5.25. The number of unbranched alkanes of at least 4 members (excludes halogenated alkanes) is 1. The average Bonchev–Trinajstić information content (AvgIpc) is 2.54. The van der Waals surface area contributed by atoms with Gasteiger partial charge in [-0.2, -0.15) is 0 Å². The van der Waals surface area contributed by atoms with Crippen LogP contribution in [0.25, 0.3) is 0 Å². The summed E-state index contributed by atoms with van der Waals surface area (Å²) < 4.78 is 0. The molecule has 0 aliphatic carbocycles. The number of benzene rings is 2. The van der Waals surface area contributed by atoms with Crippen molar-refractivity contribution in [3.05, 3.63) is 69.8 Å². The number of aryl methyl sites for hydroxylation is 1. The molecule has 0 unspecified atom stereocenters. The van der Waals surface area contributed by atoms with E-state index in [9.17, 15) is 14.9 Å². The number of nitro benzene ring substituents is 1. The minimum absolute atomic E-state index is 0.0579. The molecule has 5 heteroatoms. The van der Waals surface area contributed by atoms with Gasteiger partial charge in [-0.25, -0.2) is 0 Å². The van der Waals surface area contributed by atoms with Crippen molar-refractivity contribution in [3.8, 4) is 0 Å². The number of carbonyl (C=O) groups is 1. The zero-order valence-corrected chi connectivity index (χ0v) is 12.4. The van der Waals surface area contributed by atoms with E-state index in [4.69, 9.17) is 0 Å². The highest BCUT2D eigenvalue weighted by Gasteiger charge is 2.19. The van der Waals surface area contributed by atoms with Gasteiger partial charge in [-0.1, -0.05) is 37.6 Å². The van der Waals surface area contributed by atoms with Crippen LogP contribution in [0.2, 0.25) is 0 Å². The van der Waals surface area contributed by atoms with E-state index >= 15 is 0 Å². The van der Waals surface area contributed by atoms with Crippen molar-refractivity contribution in [2.75, 3.05) is 5.32 Å². The van der Waals surface area contributed by atoms with Crippen LogP contribution in [-0.2, 0) is 6.42 Å². The Hall–Kier alpha value is -2.69. The molecule has 0 atom stereocenters. The van der Waals surface area contributed by atoms with Gasteiger partial charge in [0.2, 0.25) is 0 Å². The van der Waals surface area contributed by atoms with Crippen LogP contribution >= 0.6 is 0 Å².